The summed E-state index contributed by atoms with van der Waals surface area (Å²) in [6.45, 7) is 9.38. The molecule has 94 valence electrons. The summed E-state index contributed by atoms with van der Waals surface area (Å²) in [5.74, 6) is 0.977. The van der Waals surface area contributed by atoms with Gasteiger partial charge < -0.3 is 10.6 Å². The lowest BCUT2D eigenvalue weighted by Crippen LogP contribution is -2.38. The highest BCUT2D eigenvalue weighted by Crippen LogP contribution is 2.41. The average molecular weight is 225 g/mol. The maximum Gasteiger partial charge on any atom is 0.191 e. The predicted molar refractivity (Wildman–Crippen MR) is 70.8 cm³/mol. The van der Waals surface area contributed by atoms with E-state index >= 15 is 0 Å². The van der Waals surface area contributed by atoms with E-state index in [4.69, 9.17) is 4.99 Å². The van der Waals surface area contributed by atoms with Crippen molar-refractivity contribution < 1.29 is 0 Å². The van der Waals surface area contributed by atoms with Crippen LogP contribution in [0.4, 0.5) is 0 Å². The summed E-state index contributed by atoms with van der Waals surface area (Å²) in [6, 6.07) is 0. The maximum atomic E-state index is 4.72. The predicted octanol–water partition coefficient (Wildman–Crippen LogP) is 2.53. The van der Waals surface area contributed by atoms with E-state index in [2.05, 4.69) is 31.4 Å². The average Bonchev–Trinajstić information content (AvgIpc) is 2.76. The zero-order valence-electron chi connectivity index (χ0n) is 11.1. The molecule has 0 radical (unpaired) electrons. The quantitative estimate of drug-likeness (QED) is 0.557. The molecule has 0 saturated heterocycles. The lowest BCUT2D eigenvalue weighted by Gasteiger charge is -2.25. The number of nitrogens with one attached hydrogen (secondary N) is 2. The van der Waals surface area contributed by atoms with Gasteiger partial charge in [0.05, 0.1) is 0 Å². The van der Waals surface area contributed by atoms with E-state index in [1.807, 2.05) is 0 Å². The Balaban J connectivity index is 2.52. The first-order valence-electron chi connectivity index (χ1n) is 6.78. The highest BCUT2D eigenvalue weighted by molar-refractivity contribution is 5.79. The fourth-order valence-corrected chi connectivity index (χ4v) is 2.50. The largest absolute Gasteiger partial charge is 0.357 e. The molecule has 0 aromatic heterocycles. The minimum absolute atomic E-state index is 0.496. The van der Waals surface area contributed by atoms with Gasteiger partial charge in [0.15, 0.2) is 5.96 Å². The molecule has 0 amide bonds. The molecule has 1 rings (SSSR count). The van der Waals surface area contributed by atoms with Crippen LogP contribution in [-0.2, 0) is 0 Å². The van der Waals surface area contributed by atoms with Gasteiger partial charge in [-0.05, 0) is 38.5 Å². The van der Waals surface area contributed by atoms with Gasteiger partial charge in [0.2, 0.25) is 0 Å². The van der Waals surface area contributed by atoms with Gasteiger partial charge in [-0.2, -0.15) is 0 Å². The van der Waals surface area contributed by atoms with Crippen LogP contribution in [0.1, 0.15) is 52.9 Å². The van der Waals surface area contributed by atoms with E-state index < -0.39 is 0 Å². The van der Waals surface area contributed by atoms with Crippen molar-refractivity contribution in [1.29, 1.82) is 0 Å². The summed E-state index contributed by atoms with van der Waals surface area (Å²) in [7, 11) is 0. The molecule has 0 aliphatic heterocycles. The van der Waals surface area contributed by atoms with Crippen molar-refractivity contribution in [2.75, 3.05) is 19.6 Å². The number of nitrogens with zero attached hydrogens (tertiary/aromatic N) is 1. The number of hydrogen-bond donors (Lipinski definition) is 2. The van der Waals surface area contributed by atoms with Gasteiger partial charge in [0.1, 0.15) is 0 Å². The Hall–Kier alpha value is -0.730. The van der Waals surface area contributed by atoms with Crippen LogP contribution in [-0.4, -0.2) is 25.6 Å². The van der Waals surface area contributed by atoms with Gasteiger partial charge in [-0.15, -0.1) is 0 Å². The van der Waals surface area contributed by atoms with Crippen molar-refractivity contribution in [2.45, 2.75) is 52.9 Å². The highest BCUT2D eigenvalue weighted by Gasteiger charge is 2.31. The number of aliphatic imine (C=N–C) groups is 1. The van der Waals surface area contributed by atoms with Crippen LogP contribution in [0.2, 0.25) is 0 Å². The Morgan fingerprint density at radius 1 is 1.06 bits per heavy atom. The molecule has 16 heavy (non-hydrogen) atoms. The van der Waals surface area contributed by atoms with Crippen LogP contribution < -0.4 is 10.6 Å². The van der Waals surface area contributed by atoms with Gasteiger partial charge in [-0.1, -0.05) is 19.8 Å². The zero-order chi connectivity index (χ0) is 11.9. The number of guanidine groups is 1. The minimum atomic E-state index is 0.496. The van der Waals surface area contributed by atoms with E-state index in [9.17, 15) is 0 Å². The van der Waals surface area contributed by atoms with Crippen LogP contribution in [0.25, 0.3) is 0 Å². The molecule has 1 saturated carbocycles. The zero-order valence-corrected chi connectivity index (χ0v) is 11.1. The molecule has 1 fully saturated rings. The molecule has 0 unspecified atom stereocenters. The fraction of sp³-hybridized carbons (Fsp3) is 0.923. The summed E-state index contributed by atoms with van der Waals surface area (Å²) in [5, 5.41) is 6.58. The van der Waals surface area contributed by atoms with Crippen molar-refractivity contribution in [1.82, 2.24) is 10.6 Å². The third-order valence-electron chi connectivity index (χ3n) is 3.68. The molecule has 3 nitrogen and oxygen atoms in total. The monoisotopic (exact) mass is 225 g/mol. The summed E-state index contributed by atoms with van der Waals surface area (Å²) in [6.07, 6.45) is 6.77. The molecule has 0 spiro atoms. The van der Waals surface area contributed by atoms with Crippen LogP contribution in [0, 0.1) is 5.41 Å². The molecular weight excluding hydrogens is 198 g/mol. The van der Waals surface area contributed by atoms with Crippen molar-refractivity contribution in [3.63, 3.8) is 0 Å². The van der Waals surface area contributed by atoms with E-state index in [-0.39, 0.29) is 0 Å². The highest BCUT2D eigenvalue weighted by atomic mass is 15.2. The number of hydrogen-bond acceptors (Lipinski definition) is 1. The molecule has 0 aromatic carbocycles. The van der Waals surface area contributed by atoms with Crippen molar-refractivity contribution >= 4 is 5.96 Å². The van der Waals surface area contributed by atoms with Crippen LogP contribution in [0.15, 0.2) is 4.99 Å². The van der Waals surface area contributed by atoms with Crippen molar-refractivity contribution in [2.24, 2.45) is 10.4 Å². The van der Waals surface area contributed by atoms with Crippen LogP contribution >= 0.6 is 0 Å². The van der Waals surface area contributed by atoms with Gasteiger partial charge in [-0.3, -0.25) is 4.99 Å². The number of rotatable bonds is 5. The Morgan fingerprint density at radius 3 is 2.06 bits per heavy atom. The second kappa shape index (κ2) is 6.77. The van der Waals surface area contributed by atoms with Gasteiger partial charge in [0, 0.05) is 19.6 Å². The summed E-state index contributed by atoms with van der Waals surface area (Å²) in [4.78, 5) is 4.72. The molecule has 3 heteroatoms. The molecule has 2 N–H and O–H groups in total. The lowest BCUT2D eigenvalue weighted by atomic mass is 9.84. The smallest absolute Gasteiger partial charge is 0.191 e. The minimum Gasteiger partial charge on any atom is -0.357 e. The molecular formula is C13H27N3. The Morgan fingerprint density at radius 2 is 1.62 bits per heavy atom. The molecule has 0 heterocycles. The molecule has 0 bridgehead atoms. The molecule has 1 aliphatic rings. The maximum absolute atomic E-state index is 4.72. The third kappa shape index (κ3) is 3.69. The third-order valence-corrected chi connectivity index (χ3v) is 3.68. The van der Waals surface area contributed by atoms with Crippen LogP contribution in [0.3, 0.4) is 0 Å². The second-order valence-electron chi connectivity index (χ2n) is 4.79. The van der Waals surface area contributed by atoms with Crippen molar-refractivity contribution in [3.8, 4) is 0 Å². The van der Waals surface area contributed by atoms with E-state index in [0.717, 1.165) is 25.6 Å². The first-order chi connectivity index (χ1) is 7.76. The SMILES string of the molecule is CCNC(=NCC1(CC)CCCC1)NCC. The fourth-order valence-electron chi connectivity index (χ4n) is 2.50. The van der Waals surface area contributed by atoms with Crippen molar-refractivity contribution in [3.05, 3.63) is 0 Å². The second-order valence-corrected chi connectivity index (χ2v) is 4.79. The lowest BCUT2D eigenvalue weighted by molar-refractivity contribution is 0.297. The first kappa shape index (κ1) is 13.3. The van der Waals surface area contributed by atoms with Gasteiger partial charge in [0.25, 0.3) is 0 Å². The van der Waals surface area contributed by atoms with Gasteiger partial charge >= 0.3 is 0 Å². The van der Waals surface area contributed by atoms with Gasteiger partial charge in [-0.25, -0.2) is 0 Å². The summed E-state index contributed by atoms with van der Waals surface area (Å²) in [5.41, 5.74) is 0.496. The summed E-state index contributed by atoms with van der Waals surface area (Å²) >= 11 is 0. The normalized spacial score (nSPS) is 18.2. The Labute approximate surface area is 100 Å². The van der Waals surface area contributed by atoms with E-state index in [0.29, 0.717) is 5.41 Å². The molecule has 0 atom stereocenters. The first-order valence-corrected chi connectivity index (χ1v) is 6.78. The Bertz CT molecular complexity index is 209. The topological polar surface area (TPSA) is 36.4 Å². The summed E-state index contributed by atoms with van der Waals surface area (Å²) < 4.78 is 0. The standard InChI is InChI=1S/C13H27N3/c1-4-13(9-7-8-10-13)11-16-12(14-5-2)15-6-3/h4-11H2,1-3H3,(H2,14,15,16). The molecule has 0 aromatic rings. The molecule has 1 aliphatic carbocycles. The van der Waals surface area contributed by atoms with E-state index in [1.54, 1.807) is 0 Å². The van der Waals surface area contributed by atoms with E-state index in [1.165, 1.54) is 32.1 Å². The van der Waals surface area contributed by atoms with Crippen LogP contribution in [0.5, 0.6) is 0 Å². The Kier molecular flexibility index (Phi) is 5.64.